The summed E-state index contributed by atoms with van der Waals surface area (Å²) in [6, 6.07) is 6.92. The van der Waals surface area contributed by atoms with Crippen LogP contribution in [0.15, 0.2) is 40.4 Å². The summed E-state index contributed by atoms with van der Waals surface area (Å²) in [5, 5.41) is 9.29. The minimum atomic E-state index is -0.264. The molecule has 3 nitrogen and oxygen atoms in total. The second kappa shape index (κ2) is 6.37. The van der Waals surface area contributed by atoms with Crippen LogP contribution in [0, 0.1) is 12.7 Å². The lowest BCUT2D eigenvalue weighted by atomic mass is 10.1. The highest BCUT2D eigenvalue weighted by Gasteiger charge is 2.12. The predicted molar refractivity (Wildman–Crippen MR) is 87.7 cm³/mol. The molecule has 3 aromatic rings. The van der Waals surface area contributed by atoms with Crippen molar-refractivity contribution in [3.05, 3.63) is 63.0 Å². The Morgan fingerprint density at radius 3 is 2.91 bits per heavy atom. The van der Waals surface area contributed by atoms with E-state index in [1.54, 1.807) is 35.8 Å². The highest BCUT2D eigenvalue weighted by atomic mass is 32.1. The monoisotopic (exact) mass is 332 g/mol. The molecule has 0 atom stereocenters. The standard InChI is InChI=1S/C16H13FN2OS2/c1-10-2-3-11(6-13(10)17)7-18-15(20)14-9-22-16(19-14)12-4-5-21-8-12/h2-6,8-9H,7H2,1H3,(H,18,20). The van der Waals surface area contributed by atoms with Gasteiger partial charge in [0.05, 0.1) is 0 Å². The van der Waals surface area contributed by atoms with Crippen LogP contribution in [-0.2, 0) is 6.54 Å². The summed E-state index contributed by atoms with van der Waals surface area (Å²) in [6.45, 7) is 1.99. The number of benzene rings is 1. The number of rotatable bonds is 4. The number of hydrogen-bond acceptors (Lipinski definition) is 4. The van der Waals surface area contributed by atoms with Gasteiger partial charge in [-0.1, -0.05) is 12.1 Å². The zero-order valence-electron chi connectivity index (χ0n) is 11.8. The average Bonchev–Trinajstić information content (AvgIpc) is 3.18. The highest BCUT2D eigenvalue weighted by molar-refractivity contribution is 7.14. The van der Waals surface area contributed by atoms with Gasteiger partial charge in [-0.05, 0) is 35.6 Å². The number of nitrogens with zero attached hydrogens (tertiary/aromatic N) is 1. The molecule has 2 heterocycles. The molecule has 0 bridgehead atoms. The quantitative estimate of drug-likeness (QED) is 0.776. The van der Waals surface area contributed by atoms with Gasteiger partial charge in [0.25, 0.3) is 5.91 Å². The predicted octanol–water partition coefficient (Wildman–Crippen LogP) is 4.25. The van der Waals surface area contributed by atoms with E-state index >= 15 is 0 Å². The molecule has 1 aromatic carbocycles. The lowest BCUT2D eigenvalue weighted by Gasteiger charge is -2.05. The first-order valence-corrected chi connectivity index (χ1v) is 8.47. The molecule has 1 N–H and O–H groups in total. The van der Waals surface area contributed by atoms with Gasteiger partial charge in [0.2, 0.25) is 0 Å². The molecule has 0 saturated carbocycles. The topological polar surface area (TPSA) is 42.0 Å². The van der Waals surface area contributed by atoms with Crippen LogP contribution < -0.4 is 5.32 Å². The fraction of sp³-hybridized carbons (Fsp3) is 0.125. The Morgan fingerprint density at radius 1 is 1.32 bits per heavy atom. The number of aryl methyl sites for hydroxylation is 1. The van der Waals surface area contributed by atoms with Crippen LogP contribution in [-0.4, -0.2) is 10.9 Å². The molecule has 112 valence electrons. The van der Waals surface area contributed by atoms with Crippen molar-refractivity contribution in [2.75, 3.05) is 0 Å². The fourth-order valence-electron chi connectivity index (χ4n) is 1.92. The molecule has 0 radical (unpaired) electrons. The van der Waals surface area contributed by atoms with E-state index in [0.717, 1.165) is 16.1 Å². The van der Waals surface area contributed by atoms with E-state index in [4.69, 9.17) is 0 Å². The molecule has 3 rings (SSSR count). The number of carbonyl (C=O) groups excluding carboxylic acids is 1. The van der Waals surface area contributed by atoms with Crippen LogP contribution >= 0.6 is 22.7 Å². The number of hydrogen-bond donors (Lipinski definition) is 1. The SMILES string of the molecule is Cc1ccc(CNC(=O)c2csc(-c3ccsc3)n2)cc1F. The Bertz CT molecular complexity index is 796. The van der Waals surface area contributed by atoms with Gasteiger partial charge in [-0.3, -0.25) is 4.79 Å². The average molecular weight is 332 g/mol. The normalized spacial score (nSPS) is 10.6. The molecule has 6 heteroatoms. The zero-order valence-corrected chi connectivity index (χ0v) is 13.4. The van der Waals surface area contributed by atoms with Crippen LogP contribution in [0.3, 0.4) is 0 Å². The number of carbonyl (C=O) groups is 1. The Hall–Kier alpha value is -2.05. The molecule has 0 spiro atoms. The van der Waals surface area contributed by atoms with Gasteiger partial charge in [0, 0.05) is 22.9 Å². The van der Waals surface area contributed by atoms with Crippen LogP contribution in [0.25, 0.3) is 10.6 Å². The van der Waals surface area contributed by atoms with Crippen molar-refractivity contribution in [2.45, 2.75) is 13.5 Å². The Kier molecular flexibility index (Phi) is 4.31. The van der Waals surface area contributed by atoms with Crippen LogP contribution in [0.4, 0.5) is 4.39 Å². The van der Waals surface area contributed by atoms with Gasteiger partial charge in [-0.25, -0.2) is 9.37 Å². The Labute approximate surface area is 135 Å². The smallest absolute Gasteiger partial charge is 0.271 e. The fourth-order valence-corrected chi connectivity index (χ4v) is 3.43. The lowest BCUT2D eigenvalue weighted by Crippen LogP contribution is -2.23. The third-order valence-corrected chi connectivity index (χ3v) is 4.77. The third kappa shape index (κ3) is 3.23. The molecular formula is C16H13FN2OS2. The van der Waals surface area contributed by atoms with E-state index < -0.39 is 0 Å². The molecule has 22 heavy (non-hydrogen) atoms. The van der Waals surface area contributed by atoms with Gasteiger partial charge in [0.15, 0.2) is 0 Å². The molecule has 0 unspecified atom stereocenters. The molecule has 0 aliphatic rings. The largest absolute Gasteiger partial charge is 0.347 e. The van der Waals surface area contributed by atoms with Gasteiger partial charge >= 0.3 is 0 Å². The lowest BCUT2D eigenvalue weighted by molar-refractivity contribution is 0.0946. The maximum Gasteiger partial charge on any atom is 0.271 e. The maximum atomic E-state index is 13.5. The van der Waals surface area contributed by atoms with E-state index in [-0.39, 0.29) is 18.3 Å². The van der Waals surface area contributed by atoms with E-state index in [1.165, 1.54) is 17.4 Å². The van der Waals surface area contributed by atoms with Gasteiger partial charge in [-0.15, -0.1) is 11.3 Å². The van der Waals surface area contributed by atoms with E-state index in [1.807, 2.05) is 16.8 Å². The molecule has 0 fully saturated rings. The molecule has 0 aliphatic heterocycles. The van der Waals surface area contributed by atoms with Crippen molar-refractivity contribution in [3.63, 3.8) is 0 Å². The highest BCUT2D eigenvalue weighted by Crippen LogP contribution is 2.25. The van der Waals surface area contributed by atoms with Crippen molar-refractivity contribution < 1.29 is 9.18 Å². The van der Waals surface area contributed by atoms with Crippen molar-refractivity contribution in [1.82, 2.24) is 10.3 Å². The molecule has 0 aliphatic carbocycles. The summed E-state index contributed by atoms with van der Waals surface area (Å²) >= 11 is 3.03. The molecule has 1 amide bonds. The number of thiophene rings is 1. The van der Waals surface area contributed by atoms with Crippen LogP contribution in [0.1, 0.15) is 21.6 Å². The summed E-state index contributed by atoms with van der Waals surface area (Å²) in [5.74, 6) is -0.515. The summed E-state index contributed by atoms with van der Waals surface area (Å²) in [6.07, 6.45) is 0. The van der Waals surface area contributed by atoms with Crippen molar-refractivity contribution in [1.29, 1.82) is 0 Å². The second-order valence-electron chi connectivity index (χ2n) is 4.82. The minimum absolute atomic E-state index is 0.251. The van der Waals surface area contributed by atoms with Crippen molar-refractivity contribution in [3.8, 4) is 10.6 Å². The second-order valence-corrected chi connectivity index (χ2v) is 6.45. The number of aromatic nitrogens is 1. The van der Waals surface area contributed by atoms with E-state index in [0.29, 0.717) is 11.3 Å². The van der Waals surface area contributed by atoms with Crippen LogP contribution in [0.5, 0.6) is 0 Å². The first kappa shape index (κ1) is 14.9. The minimum Gasteiger partial charge on any atom is -0.347 e. The number of nitrogens with one attached hydrogen (secondary N) is 1. The van der Waals surface area contributed by atoms with Gasteiger partial charge in [0.1, 0.15) is 16.5 Å². The van der Waals surface area contributed by atoms with Crippen molar-refractivity contribution >= 4 is 28.6 Å². The van der Waals surface area contributed by atoms with Gasteiger partial charge < -0.3 is 5.32 Å². The number of halogens is 1. The summed E-state index contributed by atoms with van der Waals surface area (Å²) in [4.78, 5) is 16.4. The zero-order chi connectivity index (χ0) is 15.5. The third-order valence-electron chi connectivity index (χ3n) is 3.19. The summed E-state index contributed by atoms with van der Waals surface area (Å²) in [7, 11) is 0. The Balaban J connectivity index is 1.66. The summed E-state index contributed by atoms with van der Waals surface area (Å²) in [5.41, 5.74) is 2.73. The number of thiazole rings is 1. The van der Waals surface area contributed by atoms with Crippen molar-refractivity contribution in [2.24, 2.45) is 0 Å². The Morgan fingerprint density at radius 2 is 2.18 bits per heavy atom. The van der Waals surface area contributed by atoms with E-state index in [9.17, 15) is 9.18 Å². The van der Waals surface area contributed by atoms with Gasteiger partial charge in [-0.2, -0.15) is 11.3 Å². The maximum absolute atomic E-state index is 13.5. The summed E-state index contributed by atoms with van der Waals surface area (Å²) < 4.78 is 13.5. The van der Waals surface area contributed by atoms with E-state index in [2.05, 4.69) is 10.3 Å². The van der Waals surface area contributed by atoms with Crippen LogP contribution in [0.2, 0.25) is 0 Å². The number of amides is 1. The first-order chi connectivity index (χ1) is 10.6. The molecular weight excluding hydrogens is 319 g/mol. The molecule has 2 aromatic heterocycles. The molecule has 0 saturated heterocycles. The first-order valence-electron chi connectivity index (χ1n) is 6.65.